The largest absolute Gasteiger partial charge is 0.327 e. The molecule has 1 heterocycles. The molecule has 2 unspecified atom stereocenters. The van der Waals surface area contributed by atoms with Crippen LogP contribution >= 0.6 is 0 Å². The molecule has 2 N–H and O–H groups in total. The molecule has 0 bridgehead atoms. The van der Waals surface area contributed by atoms with Crippen molar-refractivity contribution >= 4 is 10.9 Å². The normalized spacial score (nSPS) is 18.0. The summed E-state index contributed by atoms with van der Waals surface area (Å²) < 4.78 is 0. The maximum absolute atomic E-state index is 6.43. The molecule has 2 atom stereocenters. The SMILES string of the molecule is NC(Cc1ccc2ccccc2n1)C1Cc2ccccc21. The van der Waals surface area contributed by atoms with Gasteiger partial charge in [0.2, 0.25) is 0 Å². The predicted molar refractivity (Wildman–Crippen MR) is 86.3 cm³/mol. The van der Waals surface area contributed by atoms with Gasteiger partial charge in [0.05, 0.1) is 5.52 Å². The van der Waals surface area contributed by atoms with E-state index in [4.69, 9.17) is 10.7 Å². The molecule has 0 fully saturated rings. The molecule has 4 rings (SSSR count). The molecule has 2 heteroatoms. The number of para-hydroxylation sites is 1. The summed E-state index contributed by atoms with van der Waals surface area (Å²) in [5.74, 6) is 0.481. The van der Waals surface area contributed by atoms with Gasteiger partial charge in [0.1, 0.15) is 0 Å². The Morgan fingerprint density at radius 3 is 2.71 bits per heavy atom. The molecule has 0 spiro atoms. The van der Waals surface area contributed by atoms with Crippen molar-refractivity contribution in [3.8, 4) is 0 Å². The number of nitrogens with two attached hydrogens (primary N) is 1. The molecule has 2 nitrogen and oxygen atoms in total. The molecule has 2 aromatic carbocycles. The molecule has 0 radical (unpaired) electrons. The summed E-state index contributed by atoms with van der Waals surface area (Å²) in [5, 5.41) is 1.18. The Balaban J connectivity index is 1.55. The first-order valence-corrected chi connectivity index (χ1v) is 7.49. The maximum Gasteiger partial charge on any atom is 0.0705 e. The van der Waals surface area contributed by atoms with Crippen LogP contribution in [0, 0.1) is 0 Å². The highest BCUT2D eigenvalue weighted by atomic mass is 14.7. The minimum absolute atomic E-state index is 0.147. The standard InChI is InChI=1S/C19H18N2/c20-18(17-11-14-6-1-3-7-16(14)17)12-15-10-9-13-5-2-4-8-19(13)21-15/h1-10,17-18H,11-12,20H2. The van der Waals surface area contributed by atoms with Gasteiger partial charge in [-0.15, -0.1) is 0 Å². The van der Waals surface area contributed by atoms with Crippen LogP contribution in [0.25, 0.3) is 10.9 Å². The molecule has 104 valence electrons. The summed E-state index contributed by atoms with van der Waals surface area (Å²) in [6.07, 6.45) is 1.94. The fourth-order valence-corrected chi connectivity index (χ4v) is 3.29. The minimum atomic E-state index is 0.147. The summed E-state index contributed by atoms with van der Waals surface area (Å²) >= 11 is 0. The fraction of sp³-hybridized carbons (Fsp3) is 0.211. The Hall–Kier alpha value is -2.19. The van der Waals surface area contributed by atoms with Gasteiger partial charge in [-0.1, -0.05) is 48.5 Å². The third-order valence-corrected chi connectivity index (χ3v) is 4.51. The Morgan fingerprint density at radius 1 is 1.00 bits per heavy atom. The molecule has 0 aliphatic heterocycles. The Labute approximate surface area is 124 Å². The number of aromatic nitrogens is 1. The number of fused-ring (bicyclic) bond motifs is 2. The second-order valence-corrected chi connectivity index (χ2v) is 5.87. The van der Waals surface area contributed by atoms with E-state index in [0.29, 0.717) is 5.92 Å². The third-order valence-electron chi connectivity index (χ3n) is 4.51. The van der Waals surface area contributed by atoms with Crippen LogP contribution in [0.1, 0.15) is 22.7 Å². The van der Waals surface area contributed by atoms with Gasteiger partial charge in [0.25, 0.3) is 0 Å². The van der Waals surface area contributed by atoms with E-state index in [1.54, 1.807) is 0 Å². The van der Waals surface area contributed by atoms with Gasteiger partial charge in [0, 0.05) is 29.5 Å². The summed E-state index contributed by atoms with van der Waals surface area (Å²) in [7, 11) is 0. The monoisotopic (exact) mass is 274 g/mol. The van der Waals surface area contributed by atoms with Crippen LogP contribution in [0.5, 0.6) is 0 Å². The van der Waals surface area contributed by atoms with E-state index in [2.05, 4.69) is 48.5 Å². The molecule has 0 saturated heterocycles. The lowest BCUT2D eigenvalue weighted by Crippen LogP contribution is -2.37. The second-order valence-electron chi connectivity index (χ2n) is 5.87. The zero-order valence-corrected chi connectivity index (χ0v) is 11.9. The number of benzene rings is 2. The number of hydrogen-bond acceptors (Lipinski definition) is 2. The maximum atomic E-state index is 6.43. The van der Waals surface area contributed by atoms with Crippen LogP contribution in [-0.4, -0.2) is 11.0 Å². The van der Waals surface area contributed by atoms with Crippen LogP contribution in [0.3, 0.4) is 0 Å². The molecule has 0 amide bonds. The van der Waals surface area contributed by atoms with Crippen LogP contribution in [0.4, 0.5) is 0 Å². The zero-order valence-electron chi connectivity index (χ0n) is 11.9. The zero-order chi connectivity index (χ0) is 14.2. The van der Waals surface area contributed by atoms with E-state index in [-0.39, 0.29) is 6.04 Å². The van der Waals surface area contributed by atoms with Crippen molar-refractivity contribution in [1.29, 1.82) is 0 Å². The summed E-state index contributed by atoms with van der Waals surface area (Å²) in [5.41, 5.74) is 11.4. The van der Waals surface area contributed by atoms with Crippen LogP contribution in [-0.2, 0) is 12.8 Å². The quantitative estimate of drug-likeness (QED) is 0.794. The third kappa shape index (κ3) is 2.22. The highest BCUT2D eigenvalue weighted by Crippen LogP contribution is 2.37. The Kier molecular flexibility index (Phi) is 2.97. The summed E-state index contributed by atoms with van der Waals surface area (Å²) in [6.45, 7) is 0. The lowest BCUT2D eigenvalue weighted by Gasteiger charge is -2.34. The van der Waals surface area contributed by atoms with Crippen molar-refractivity contribution in [2.24, 2.45) is 5.73 Å². The van der Waals surface area contributed by atoms with Gasteiger partial charge in [-0.3, -0.25) is 4.98 Å². The Morgan fingerprint density at radius 2 is 1.81 bits per heavy atom. The number of pyridine rings is 1. The molecular formula is C19H18N2. The lowest BCUT2D eigenvalue weighted by atomic mass is 9.73. The van der Waals surface area contributed by atoms with Crippen molar-refractivity contribution in [3.05, 3.63) is 77.5 Å². The number of hydrogen-bond donors (Lipinski definition) is 1. The van der Waals surface area contributed by atoms with E-state index < -0.39 is 0 Å². The average Bonchev–Trinajstić information content (AvgIpc) is 2.48. The summed E-state index contributed by atoms with van der Waals surface area (Å²) in [6, 6.07) is 21.2. The molecule has 3 aromatic rings. The number of nitrogens with zero attached hydrogens (tertiary/aromatic N) is 1. The van der Waals surface area contributed by atoms with E-state index in [1.165, 1.54) is 16.5 Å². The van der Waals surface area contributed by atoms with Crippen molar-refractivity contribution in [2.75, 3.05) is 0 Å². The van der Waals surface area contributed by atoms with Gasteiger partial charge >= 0.3 is 0 Å². The summed E-state index contributed by atoms with van der Waals surface area (Å²) in [4.78, 5) is 4.73. The number of rotatable bonds is 3. The van der Waals surface area contributed by atoms with Crippen LogP contribution < -0.4 is 5.73 Å². The first kappa shape index (κ1) is 12.5. The molecule has 21 heavy (non-hydrogen) atoms. The molecular weight excluding hydrogens is 256 g/mol. The smallest absolute Gasteiger partial charge is 0.0705 e. The predicted octanol–water partition coefficient (Wildman–Crippen LogP) is 3.44. The van der Waals surface area contributed by atoms with Crippen LogP contribution in [0.2, 0.25) is 0 Å². The van der Waals surface area contributed by atoms with E-state index in [9.17, 15) is 0 Å². The topological polar surface area (TPSA) is 38.9 Å². The van der Waals surface area contributed by atoms with Gasteiger partial charge in [-0.2, -0.15) is 0 Å². The second kappa shape index (κ2) is 4.97. The van der Waals surface area contributed by atoms with Gasteiger partial charge in [0.15, 0.2) is 0 Å². The first-order valence-electron chi connectivity index (χ1n) is 7.49. The molecule has 1 aromatic heterocycles. The molecule has 0 saturated carbocycles. The van der Waals surface area contributed by atoms with Crippen LogP contribution in [0.15, 0.2) is 60.7 Å². The highest BCUT2D eigenvalue weighted by molar-refractivity contribution is 5.78. The van der Waals surface area contributed by atoms with E-state index in [0.717, 1.165) is 24.1 Å². The fourth-order valence-electron chi connectivity index (χ4n) is 3.29. The van der Waals surface area contributed by atoms with Crippen molar-refractivity contribution in [1.82, 2.24) is 4.98 Å². The Bertz CT molecular complexity index is 794. The average molecular weight is 274 g/mol. The highest BCUT2D eigenvalue weighted by Gasteiger charge is 2.30. The minimum Gasteiger partial charge on any atom is -0.327 e. The first-order chi connectivity index (χ1) is 10.3. The van der Waals surface area contributed by atoms with E-state index in [1.807, 2.05) is 12.1 Å². The molecule has 1 aliphatic rings. The van der Waals surface area contributed by atoms with Crippen molar-refractivity contribution < 1.29 is 0 Å². The van der Waals surface area contributed by atoms with Gasteiger partial charge < -0.3 is 5.73 Å². The van der Waals surface area contributed by atoms with Gasteiger partial charge in [-0.25, -0.2) is 0 Å². The van der Waals surface area contributed by atoms with Crippen molar-refractivity contribution in [2.45, 2.75) is 24.8 Å². The lowest BCUT2D eigenvalue weighted by molar-refractivity contribution is 0.477. The molecule has 1 aliphatic carbocycles. The van der Waals surface area contributed by atoms with Crippen molar-refractivity contribution in [3.63, 3.8) is 0 Å². The van der Waals surface area contributed by atoms with Gasteiger partial charge in [-0.05, 0) is 29.7 Å². The van der Waals surface area contributed by atoms with E-state index >= 15 is 0 Å².